The molecule has 0 bridgehead atoms. The number of aliphatic imine (C=N–C) groups is 1. The molecule has 3 saturated carbocycles. The first-order valence-corrected chi connectivity index (χ1v) is 11.1. The SMILES string of the molecule is CC[C@]12CCC3C4CCC(=NC)C=C4CC(C)C3C1CCC21C=CC(=O)O1. The van der Waals surface area contributed by atoms with Crippen LogP contribution < -0.4 is 0 Å². The van der Waals surface area contributed by atoms with Crippen molar-refractivity contribution in [2.45, 2.75) is 70.8 Å². The summed E-state index contributed by atoms with van der Waals surface area (Å²) < 4.78 is 6.05. The molecule has 0 aromatic carbocycles. The minimum Gasteiger partial charge on any atom is -0.451 e. The quantitative estimate of drug-likeness (QED) is 0.604. The third-order valence-corrected chi connectivity index (χ3v) is 9.22. The fourth-order valence-electron chi connectivity index (χ4n) is 8.23. The molecule has 5 rings (SSSR count). The van der Waals surface area contributed by atoms with E-state index in [4.69, 9.17) is 4.74 Å². The van der Waals surface area contributed by atoms with E-state index in [1.807, 2.05) is 7.05 Å². The number of allylic oxidation sites excluding steroid dienone is 2. The van der Waals surface area contributed by atoms with Crippen LogP contribution in [0.15, 0.2) is 28.8 Å². The van der Waals surface area contributed by atoms with Crippen molar-refractivity contribution in [3.05, 3.63) is 23.8 Å². The number of carbonyl (C=O) groups is 1. The molecule has 0 aromatic rings. The molecule has 146 valence electrons. The first-order chi connectivity index (χ1) is 13.0. The van der Waals surface area contributed by atoms with Crippen LogP contribution in [-0.4, -0.2) is 24.3 Å². The molecule has 7 atom stereocenters. The van der Waals surface area contributed by atoms with Gasteiger partial charge in [0.1, 0.15) is 5.60 Å². The Hall–Kier alpha value is -1.38. The molecule has 1 aliphatic heterocycles. The van der Waals surface area contributed by atoms with Crippen LogP contribution in [0.5, 0.6) is 0 Å². The highest BCUT2D eigenvalue weighted by Gasteiger charge is 2.66. The summed E-state index contributed by atoms with van der Waals surface area (Å²) >= 11 is 0. The molecule has 27 heavy (non-hydrogen) atoms. The highest BCUT2D eigenvalue weighted by Crippen LogP contribution is 2.68. The fourth-order valence-corrected chi connectivity index (χ4v) is 8.23. The van der Waals surface area contributed by atoms with Gasteiger partial charge < -0.3 is 4.74 Å². The van der Waals surface area contributed by atoms with Crippen molar-refractivity contribution in [2.75, 3.05) is 7.05 Å². The number of nitrogens with zero attached hydrogens (tertiary/aromatic N) is 1. The molecular formula is C24H33NO2. The Morgan fingerprint density at radius 2 is 2.11 bits per heavy atom. The van der Waals surface area contributed by atoms with E-state index < -0.39 is 0 Å². The van der Waals surface area contributed by atoms with Crippen LogP contribution in [-0.2, 0) is 9.53 Å². The highest BCUT2D eigenvalue weighted by molar-refractivity contribution is 5.96. The standard InChI is InChI=1S/C24H33NO2/c1-4-23-10-7-19-18-6-5-17(25-3)14-16(18)13-15(2)22(19)20(23)8-11-24(23)12-9-21(26)27-24/h9,12,14-15,18-20,22H,4-8,10-11,13H2,1-3H3/t15?,18?,19?,20?,22?,23-,24?/m0/s1. The highest BCUT2D eigenvalue weighted by atomic mass is 16.6. The van der Waals surface area contributed by atoms with Crippen molar-refractivity contribution in [3.8, 4) is 0 Å². The van der Waals surface area contributed by atoms with Gasteiger partial charge in [-0.3, -0.25) is 4.99 Å². The molecular weight excluding hydrogens is 334 g/mol. The lowest BCUT2D eigenvalue weighted by Crippen LogP contribution is -2.55. The van der Waals surface area contributed by atoms with E-state index in [1.165, 1.54) is 37.8 Å². The van der Waals surface area contributed by atoms with Crippen LogP contribution in [0.4, 0.5) is 0 Å². The Balaban J connectivity index is 1.51. The Morgan fingerprint density at radius 3 is 2.81 bits per heavy atom. The first kappa shape index (κ1) is 17.7. The largest absolute Gasteiger partial charge is 0.451 e. The van der Waals surface area contributed by atoms with Crippen molar-refractivity contribution in [2.24, 2.45) is 40.0 Å². The minimum atomic E-state index is -0.307. The molecule has 1 heterocycles. The van der Waals surface area contributed by atoms with Gasteiger partial charge >= 0.3 is 5.97 Å². The predicted octanol–water partition coefficient (Wildman–Crippen LogP) is 5.12. The Bertz CT molecular complexity index is 749. The summed E-state index contributed by atoms with van der Waals surface area (Å²) in [5.74, 6) is 3.68. The smallest absolute Gasteiger partial charge is 0.331 e. The van der Waals surface area contributed by atoms with E-state index in [1.54, 1.807) is 11.6 Å². The summed E-state index contributed by atoms with van der Waals surface area (Å²) in [4.78, 5) is 16.5. The summed E-state index contributed by atoms with van der Waals surface area (Å²) in [7, 11) is 1.94. The summed E-state index contributed by atoms with van der Waals surface area (Å²) in [6, 6.07) is 0. The lowest BCUT2D eigenvalue weighted by molar-refractivity contribution is -0.166. The lowest BCUT2D eigenvalue weighted by Gasteiger charge is -2.58. The zero-order valence-corrected chi connectivity index (χ0v) is 17.0. The normalized spacial score (nSPS) is 49.6. The van der Waals surface area contributed by atoms with Gasteiger partial charge in [0.05, 0.1) is 0 Å². The first-order valence-electron chi connectivity index (χ1n) is 11.1. The van der Waals surface area contributed by atoms with Crippen LogP contribution in [0.2, 0.25) is 0 Å². The van der Waals surface area contributed by atoms with Gasteiger partial charge in [0.2, 0.25) is 0 Å². The van der Waals surface area contributed by atoms with Gasteiger partial charge in [0, 0.05) is 24.3 Å². The van der Waals surface area contributed by atoms with Crippen LogP contribution in [0.1, 0.15) is 65.2 Å². The number of hydrogen-bond donors (Lipinski definition) is 0. The zero-order valence-electron chi connectivity index (χ0n) is 17.0. The molecule has 3 heteroatoms. The maximum absolute atomic E-state index is 12.0. The third kappa shape index (κ3) is 2.26. The Morgan fingerprint density at radius 1 is 1.26 bits per heavy atom. The number of carbonyl (C=O) groups excluding carboxylic acids is 1. The number of fused-ring (bicyclic) bond motifs is 6. The Kier molecular flexibility index (Phi) is 3.97. The van der Waals surface area contributed by atoms with E-state index in [9.17, 15) is 4.79 Å². The predicted molar refractivity (Wildman–Crippen MR) is 108 cm³/mol. The van der Waals surface area contributed by atoms with E-state index in [0.29, 0.717) is 5.92 Å². The second kappa shape index (κ2) is 6.06. The summed E-state index contributed by atoms with van der Waals surface area (Å²) in [5, 5.41) is 0. The lowest BCUT2D eigenvalue weighted by atomic mass is 9.47. The molecule has 0 N–H and O–H groups in total. The van der Waals surface area contributed by atoms with Gasteiger partial charge in [0.25, 0.3) is 0 Å². The van der Waals surface area contributed by atoms with Crippen molar-refractivity contribution in [1.82, 2.24) is 0 Å². The van der Waals surface area contributed by atoms with Gasteiger partial charge in [-0.1, -0.05) is 19.4 Å². The molecule has 0 radical (unpaired) electrons. The Labute approximate surface area is 163 Å². The van der Waals surface area contributed by atoms with Crippen molar-refractivity contribution < 1.29 is 9.53 Å². The van der Waals surface area contributed by atoms with E-state index in [2.05, 4.69) is 31.0 Å². The van der Waals surface area contributed by atoms with Gasteiger partial charge in [-0.25, -0.2) is 4.79 Å². The molecule has 4 aliphatic carbocycles. The van der Waals surface area contributed by atoms with Gasteiger partial charge in [0.15, 0.2) is 0 Å². The summed E-state index contributed by atoms with van der Waals surface area (Å²) in [5.41, 5.74) is 2.84. The maximum atomic E-state index is 12.0. The van der Waals surface area contributed by atoms with Gasteiger partial charge in [-0.15, -0.1) is 0 Å². The second-order valence-electron chi connectivity index (χ2n) is 9.84. The fraction of sp³-hybridized carbons (Fsp3) is 0.750. The van der Waals surface area contributed by atoms with Crippen LogP contribution in [0.25, 0.3) is 0 Å². The van der Waals surface area contributed by atoms with E-state index >= 15 is 0 Å². The molecule has 0 amide bonds. The minimum absolute atomic E-state index is 0.119. The molecule has 1 spiro atoms. The van der Waals surface area contributed by atoms with Gasteiger partial charge in [-0.05, 0) is 93.1 Å². The summed E-state index contributed by atoms with van der Waals surface area (Å²) in [6.07, 6.45) is 15.9. The van der Waals surface area contributed by atoms with Crippen LogP contribution >= 0.6 is 0 Å². The van der Waals surface area contributed by atoms with Crippen molar-refractivity contribution >= 4 is 11.7 Å². The van der Waals surface area contributed by atoms with Crippen molar-refractivity contribution in [3.63, 3.8) is 0 Å². The second-order valence-corrected chi connectivity index (χ2v) is 9.84. The average molecular weight is 368 g/mol. The van der Waals surface area contributed by atoms with Gasteiger partial charge in [-0.2, -0.15) is 0 Å². The molecule has 5 aliphatic rings. The molecule has 0 aromatic heterocycles. The topological polar surface area (TPSA) is 38.7 Å². The number of esters is 1. The third-order valence-electron chi connectivity index (χ3n) is 9.22. The average Bonchev–Trinajstić information content (AvgIpc) is 3.22. The van der Waals surface area contributed by atoms with Crippen LogP contribution in [0, 0.1) is 35.0 Å². The maximum Gasteiger partial charge on any atom is 0.331 e. The summed E-state index contributed by atoms with van der Waals surface area (Å²) in [6.45, 7) is 4.82. The zero-order chi connectivity index (χ0) is 18.8. The molecule has 3 fully saturated rings. The molecule has 3 nitrogen and oxygen atoms in total. The van der Waals surface area contributed by atoms with Crippen LogP contribution in [0.3, 0.4) is 0 Å². The van der Waals surface area contributed by atoms with E-state index in [-0.39, 0.29) is 17.0 Å². The number of rotatable bonds is 1. The molecule has 0 saturated heterocycles. The number of hydrogen-bond acceptors (Lipinski definition) is 3. The van der Waals surface area contributed by atoms with Crippen molar-refractivity contribution in [1.29, 1.82) is 0 Å². The molecule has 6 unspecified atom stereocenters. The monoisotopic (exact) mass is 367 g/mol. The van der Waals surface area contributed by atoms with E-state index in [0.717, 1.165) is 42.9 Å². The number of ether oxygens (including phenoxy) is 1.